The Bertz CT molecular complexity index is 192. The van der Waals surface area contributed by atoms with E-state index in [9.17, 15) is 10.1 Å². The van der Waals surface area contributed by atoms with Crippen molar-refractivity contribution in [1.29, 1.82) is 0 Å². The summed E-state index contributed by atoms with van der Waals surface area (Å²) in [5, 5.41) is 24.8. The Morgan fingerprint density at radius 3 is 2.00 bits per heavy atom. The minimum atomic E-state index is -1.50. The minimum absolute atomic E-state index is 0. The van der Waals surface area contributed by atoms with Gasteiger partial charge in [0.25, 0.3) is 5.09 Å². The highest BCUT2D eigenvalue weighted by atomic mass is 17.0. The predicted octanol–water partition coefficient (Wildman–Crippen LogP) is -2.30. The van der Waals surface area contributed by atoms with Crippen molar-refractivity contribution in [3.05, 3.63) is 20.2 Å². The maximum Gasteiger partial charge on any atom is 0.318 e. The lowest BCUT2D eigenvalue weighted by Crippen LogP contribution is -2.27. The van der Waals surface area contributed by atoms with Gasteiger partial charge in [-0.3, -0.25) is 0 Å². The second kappa shape index (κ2) is 10.4. The first-order valence-electron chi connectivity index (χ1n) is 2.34. The molecule has 0 rings (SSSR count). The van der Waals surface area contributed by atoms with E-state index < -0.39 is 10.2 Å². The Hall–Kier alpha value is -2.57. The molecule has 0 atom stereocenters. The average molecular weight is 215 g/mol. The van der Waals surface area contributed by atoms with Crippen molar-refractivity contribution in [3.63, 3.8) is 0 Å². The Labute approximate surface area is 76.1 Å². The van der Waals surface area contributed by atoms with Gasteiger partial charge in [-0.2, -0.15) is 4.94 Å². The van der Waals surface area contributed by atoms with Crippen LogP contribution in [-0.4, -0.2) is 21.3 Å². The first-order valence-corrected chi connectivity index (χ1v) is 2.34. The Kier molecular flexibility index (Phi) is 13.0. The van der Waals surface area contributed by atoms with Crippen LogP contribution in [0.2, 0.25) is 0 Å². The maximum absolute atomic E-state index is 9.35. The highest BCUT2D eigenvalue weighted by Crippen LogP contribution is 1.64. The second-order valence-corrected chi connectivity index (χ2v) is 1.18. The summed E-state index contributed by atoms with van der Waals surface area (Å²) in [5.41, 5.74) is 11.0. The van der Waals surface area contributed by atoms with Crippen LogP contribution in [0.5, 0.6) is 0 Å². The van der Waals surface area contributed by atoms with Crippen LogP contribution in [0.25, 0.3) is 0 Å². The zero-order chi connectivity index (χ0) is 10.9. The molecule has 9 N–H and O–H groups in total. The van der Waals surface area contributed by atoms with Gasteiger partial charge < -0.3 is 22.8 Å². The van der Waals surface area contributed by atoms with Gasteiger partial charge in [0, 0.05) is 0 Å². The zero-order valence-corrected chi connectivity index (χ0v) is 6.69. The fourth-order valence-corrected chi connectivity index (χ4v) is 0.106. The highest BCUT2D eigenvalue weighted by Gasteiger charge is 1.88. The van der Waals surface area contributed by atoms with Gasteiger partial charge in [-0.25, -0.2) is 0 Å². The van der Waals surface area contributed by atoms with Crippen LogP contribution in [0.3, 0.4) is 0 Å². The molecule has 0 saturated carbocycles. The summed E-state index contributed by atoms with van der Waals surface area (Å²) in [6, 6.07) is 0. The standard InChI is InChI=1S/CH5N5O3.HNO3.H3N/c2-1(3)4-5-9-6(7)8;2-1(3)4;/h5H,(H4,2,3,4);(H,2,3,4);1H3. The molecule has 0 aliphatic rings. The molecule has 0 aromatic heterocycles. The topological polar surface area (TPSA) is 227 Å². The second-order valence-electron chi connectivity index (χ2n) is 1.18. The van der Waals surface area contributed by atoms with Crippen molar-refractivity contribution in [2.45, 2.75) is 0 Å². The summed E-state index contributed by atoms with van der Waals surface area (Å²) < 4.78 is 0. The van der Waals surface area contributed by atoms with Crippen LogP contribution in [-0.2, 0) is 4.94 Å². The molecule has 0 heterocycles. The fourth-order valence-electron chi connectivity index (χ4n) is 0.106. The lowest BCUT2D eigenvalue weighted by atomic mass is 11.1. The molecule has 0 unspecified atom stereocenters. The average Bonchev–Trinajstić information content (AvgIpc) is 1.83. The molecule has 0 aromatic carbocycles. The number of nitrogens with one attached hydrogen (secondary N) is 1. The molecular formula is CH9N7O6. The first kappa shape index (κ1) is 17.5. The number of rotatable bonds is 3. The normalized spacial score (nSPS) is 6.57. The molecule has 84 valence electrons. The van der Waals surface area contributed by atoms with E-state index in [0.717, 1.165) is 0 Å². The van der Waals surface area contributed by atoms with Crippen LogP contribution in [0.4, 0.5) is 0 Å². The first-order chi connectivity index (χ1) is 5.86. The number of hydrazone groups is 1. The Morgan fingerprint density at radius 2 is 1.79 bits per heavy atom. The monoisotopic (exact) mass is 215 g/mol. The van der Waals surface area contributed by atoms with Crippen molar-refractivity contribution in [2.75, 3.05) is 0 Å². The third-order valence-corrected chi connectivity index (χ3v) is 0.290. The summed E-state index contributed by atoms with van der Waals surface area (Å²) >= 11 is 0. The molecule has 0 spiro atoms. The zero-order valence-electron chi connectivity index (χ0n) is 6.69. The van der Waals surface area contributed by atoms with Crippen molar-refractivity contribution in [2.24, 2.45) is 16.6 Å². The lowest BCUT2D eigenvalue weighted by molar-refractivity contribution is -0.776. The van der Waals surface area contributed by atoms with Gasteiger partial charge in [0.05, 0.1) is 0 Å². The van der Waals surface area contributed by atoms with E-state index in [1.807, 2.05) is 0 Å². The van der Waals surface area contributed by atoms with Gasteiger partial charge in [0.15, 0.2) is 0 Å². The molecule has 14 heavy (non-hydrogen) atoms. The molecule has 0 saturated heterocycles. The van der Waals surface area contributed by atoms with Crippen LogP contribution < -0.4 is 23.2 Å². The van der Waals surface area contributed by atoms with E-state index in [1.54, 1.807) is 0 Å². The predicted molar refractivity (Wildman–Crippen MR) is 40.8 cm³/mol. The smallest absolute Gasteiger partial charge is 0.318 e. The van der Waals surface area contributed by atoms with Crippen molar-refractivity contribution in [3.8, 4) is 0 Å². The molecule has 0 aromatic rings. The SMILES string of the molecule is N.NC(N)=NNO[N+](=O)[O-].O=[N+]([O-])O. The molecule has 13 nitrogen and oxygen atoms in total. The van der Waals surface area contributed by atoms with Crippen molar-refractivity contribution < 1.29 is 20.3 Å². The quantitative estimate of drug-likeness (QED) is 0.146. The summed E-state index contributed by atoms with van der Waals surface area (Å²) in [5.74, 6) is -0.350. The number of nitrogens with zero attached hydrogens (tertiary/aromatic N) is 3. The van der Waals surface area contributed by atoms with Crippen LogP contribution in [0.15, 0.2) is 5.10 Å². The van der Waals surface area contributed by atoms with Crippen LogP contribution in [0.1, 0.15) is 0 Å². The molecule has 0 amide bonds. The highest BCUT2D eigenvalue weighted by molar-refractivity contribution is 5.75. The number of nitrogens with two attached hydrogens (primary N) is 2. The van der Waals surface area contributed by atoms with Gasteiger partial charge in [-0.05, 0) is 0 Å². The van der Waals surface area contributed by atoms with Crippen LogP contribution in [0, 0.1) is 20.2 Å². The third kappa shape index (κ3) is 57.0. The summed E-state index contributed by atoms with van der Waals surface area (Å²) in [6.07, 6.45) is 0. The van der Waals surface area contributed by atoms with Crippen molar-refractivity contribution in [1.82, 2.24) is 11.7 Å². The minimum Gasteiger partial charge on any atom is -0.369 e. The number of hydrogen-bond acceptors (Lipinski definition) is 8. The van der Waals surface area contributed by atoms with Gasteiger partial charge in [-0.15, -0.1) is 30.9 Å². The van der Waals surface area contributed by atoms with E-state index in [2.05, 4.69) is 10.0 Å². The molecule has 0 radical (unpaired) electrons. The van der Waals surface area contributed by atoms with E-state index in [-0.39, 0.29) is 12.1 Å². The van der Waals surface area contributed by atoms with Gasteiger partial charge in [0.2, 0.25) is 5.96 Å². The Balaban J connectivity index is -0.000000209. The number of guanidine groups is 1. The van der Waals surface area contributed by atoms with E-state index in [1.165, 1.54) is 5.59 Å². The van der Waals surface area contributed by atoms with Gasteiger partial charge in [0.1, 0.15) is 0 Å². The molecule has 0 aliphatic heterocycles. The van der Waals surface area contributed by atoms with E-state index in [4.69, 9.17) is 26.8 Å². The van der Waals surface area contributed by atoms with Crippen molar-refractivity contribution >= 4 is 5.96 Å². The molecule has 13 heteroatoms. The molecular weight excluding hydrogens is 206 g/mol. The van der Waals surface area contributed by atoms with Crippen LogP contribution >= 0.6 is 0 Å². The van der Waals surface area contributed by atoms with Gasteiger partial charge >= 0.3 is 5.09 Å². The maximum atomic E-state index is 9.35. The summed E-state index contributed by atoms with van der Waals surface area (Å²) in [4.78, 5) is 21.2. The Morgan fingerprint density at radius 1 is 1.43 bits per heavy atom. The van der Waals surface area contributed by atoms with E-state index in [0.29, 0.717) is 0 Å². The molecule has 0 aliphatic carbocycles. The fraction of sp³-hybridized carbons (Fsp3) is 0. The molecule has 0 fully saturated rings. The largest absolute Gasteiger partial charge is 0.369 e. The summed E-state index contributed by atoms with van der Waals surface area (Å²) in [7, 11) is 0. The lowest BCUT2D eigenvalue weighted by Gasteiger charge is -1.92. The summed E-state index contributed by atoms with van der Waals surface area (Å²) in [6.45, 7) is 0. The number of hydrogen-bond donors (Lipinski definition) is 5. The third-order valence-electron chi connectivity index (χ3n) is 0.290. The van der Waals surface area contributed by atoms with E-state index >= 15 is 0 Å². The molecule has 0 bridgehead atoms. The van der Waals surface area contributed by atoms with Gasteiger partial charge in [-0.1, -0.05) is 0 Å².